The minimum atomic E-state index is -0.653. The standard InChI is InChI=1S/C19H14N4O4/c1-27-19(26)14-11-22(15-8-5-9-20-17(15)24)10-13-16(14)21-23(18(13)25)12-6-3-2-4-7-12/h2-11H,1H3,(H,20,24). The number of aromatic nitrogens is 4. The van der Waals surface area contributed by atoms with Gasteiger partial charge in [-0.3, -0.25) is 9.59 Å². The van der Waals surface area contributed by atoms with Gasteiger partial charge >= 0.3 is 5.97 Å². The Balaban J connectivity index is 2.04. The van der Waals surface area contributed by atoms with Gasteiger partial charge in [-0.15, -0.1) is 0 Å². The van der Waals surface area contributed by atoms with Gasteiger partial charge in [0.05, 0.1) is 18.4 Å². The van der Waals surface area contributed by atoms with Crippen molar-refractivity contribution in [2.24, 2.45) is 0 Å². The van der Waals surface area contributed by atoms with Crippen molar-refractivity contribution in [2.75, 3.05) is 7.11 Å². The first-order chi connectivity index (χ1) is 13.1. The van der Waals surface area contributed by atoms with E-state index in [4.69, 9.17) is 4.74 Å². The molecule has 0 amide bonds. The highest BCUT2D eigenvalue weighted by Gasteiger charge is 2.25. The van der Waals surface area contributed by atoms with Gasteiger partial charge in [0.2, 0.25) is 0 Å². The number of aromatic amines is 1. The van der Waals surface area contributed by atoms with Gasteiger partial charge in [-0.05, 0) is 24.3 Å². The van der Waals surface area contributed by atoms with Crippen molar-refractivity contribution < 1.29 is 9.53 Å². The Morgan fingerprint density at radius 3 is 2.56 bits per heavy atom. The summed E-state index contributed by atoms with van der Waals surface area (Å²) in [5, 5.41) is 4.31. The fraction of sp³-hybridized carbons (Fsp3) is 0.0526. The summed E-state index contributed by atoms with van der Waals surface area (Å²) in [6.45, 7) is 0. The Kier molecular flexibility index (Phi) is 3.92. The van der Waals surface area contributed by atoms with E-state index >= 15 is 0 Å². The minimum absolute atomic E-state index is 0.0880. The maximum absolute atomic E-state index is 12.9. The van der Waals surface area contributed by atoms with Crippen molar-refractivity contribution in [3.05, 3.63) is 87.3 Å². The number of fused-ring (bicyclic) bond motifs is 1. The molecule has 27 heavy (non-hydrogen) atoms. The summed E-state index contributed by atoms with van der Waals surface area (Å²) in [4.78, 5) is 39.9. The van der Waals surface area contributed by atoms with Gasteiger partial charge in [-0.1, -0.05) is 18.2 Å². The third-order valence-electron chi connectivity index (χ3n) is 4.15. The zero-order valence-electron chi connectivity index (χ0n) is 14.2. The molecule has 0 fully saturated rings. The number of pyridine rings is 2. The normalized spacial score (nSPS) is 10.9. The van der Waals surface area contributed by atoms with Crippen LogP contribution in [0, 0.1) is 0 Å². The molecule has 8 heteroatoms. The molecule has 1 N–H and O–H groups in total. The Labute approximate surface area is 152 Å². The molecule has 4 rings (SSSR count). The molecule has 0 saturated carbocycles. The van der Waals surface area contributed by atoms with Crippen molar-refractivity contribution in [3.63, 3.8) is 0 Å². The molecule has 0 atom stereocenters. The first-order valence-corrected chi connectivity index (χ1v) is 8.07. The summed E-state index contributed by atoms with van der Waals surface area (Å²) in [5.41, 5.74) is 0.563. The highest BCUT2D eigenvalue weighted by molar-refractivity contribution is 5.96. The number of esters is 1. The van der Waals surface area contributed by atoms with Crippen molar-refractivity contribution >= 4 is 5.97 Å². The minimum Gasteiger partial charge on any atom is -0.465 e. The van der Waals surface area contributed by atoms with Crippen molar-refractivity contribution in [1.29, 1.82) is 0 Å². The lowest BCUT2D eigenvalue weighted by Crippen LogP contribution is -2.18. The molecule has 3 heterocycles. The largest absolute Gasteiger partial charge is 0.465 e. The lowest BCUT2D eigenvalue weighted by molar-refractivity contribution is 0.0600. The molecule has 8 nitrogen and oxygen atoms in total. The second-order valence-electron chi connectivity index (χ2n) is 5.77. The Bertz CT molecular complexity index is 1220. The van der Waals surface area contributed by atoms with E-state index in [0.29, 0.717) is 5.69 Å². The number of para-hydroxylation sites is 1. The van der Waals surface area contributed by atoms with E-state index in [0.717, 1.165) is 0 Å². The number of nitrogens with zero attached hydrogens (tertiary/aromatic N) is 3. The maximum Gasteiger partial charge on any atom is 0.341 e. The molecule has 0 radical (unpaired) electrons. The van der Waals surface area contributed by atoms with Crippen molar-refractivity contribution in [3.8, 4) is 22.6 Å². The molecular formula is C19H14N4O4. The molecule has 2 aliphatic rings. The summed E-state index contributed by atoms with van der Waals surface area (Å²) in [7, 11) is 1.24. The number of ether oxygens (including phenoxy) is 1. The Hall–Kier alpha value is -3.94. The van der Waals surface area contributed by atoms with Crippen LogP contribution in [0.4, 0.5) is 0 Å². The second-order valence-corrected chi connectivity index (χ2v) is 5.77. The summed E-state index contributed by atoms with van der Waals surface area (Å²) >= 11 is 0. The molecule has 0 bridgehead atoms. The number of rotatable bonds is 3. The van der Waals surface area contributed by atoms with Crippen LogP contribution in [0.3, 0.4) is 0 Å². The van der Waals surface area contributed by atoms with Crippen LogP contribution in [0.25, 0.3) is 22.6 Å². The predicted molar refractivity (Wildman–Crippen MR) is 97.7 cm³/mol. The third-order valence-corrected chi connectivity index (χ3v) is 4.15. The SMILES string of the molecule is COC(=O)c1cn(-c2ccc[nH]c2=O)cc2c(=O)n(-c3ccccc3)nc1-2. The zero-order chi connectivity index (χ0) is 19.0. The fourth-order valence-corrected chi connectivity index (χ4v) is 2.87. The van der Waals surface area contributed by atoms with Crippen LogP contribution in [-0.2, 0) is 4.74 Å². The molecule has 2 aromatic rings. The van der Waals surface area contributed by atoms with Crippen LogP contribution in [0.1, 0.15) is 10.4 Å². The molecule has 0 aliphatic carbocycles. The third kappa shape index (κ3) is 2.73. The van der Waals surface area contributed by atoms with Gasteiger partial charge in [0, 0.05) is 18.6 Å². The Morgan fingerprint density at radius 1 is 1.07 bits per heavy atom. The van der Waals surface area contributed by atoms with Gasteiger partial charge in [-0.2, -0.15) is 9.78 Å². The monoisotopic (exact) mass is 362 g/mol. The summed E-state index contributed by atoms with van der Waals surface area (Å²) < 4.78 is 7.47. The number of hydrogen-bond donors (Lipinski definition) is 1. The molecule has 1 aromatic heterocycles. The molecule has 0 spiro atoms. The van der Waals surface area contributed by atoms with E-state index in [1.54, 1.807) is 36.4 Å². The number of benzene rings is 1. The van der Waals surface area contributed by atoms with E-state index in [1.165, 1.54) is 34.9 Å². The number of carbonyl (C=O) groups excluding carboxylic acids is 1. The van der Waals surface area contributed by atoms with Crippen LogP contribution >= 0.6 is 0 Å². The van der Waals surface area contributed by atoms with E-state index in [2.05, 4.69) is 10.1 Å². The van der Waals surface area contributed by atoms with Gasteiger partial charge in [0.1, 0.15) is 16.9 Å². The lowest BCUT2D eigenvalue weighted by atomic mass is 10.1. The van der Waals surface area contributed by atoms with Crippen LogP contribution in [0.2, 0.25) is 0 Å². The molecule has 1 aromatic carbocycles. The number of H-pyrrole nitrogens is 1. The molecule has 0 saturated heterocycles. The smallest absolute Gasteiger partial charge is 0.341 e. The number of carbonyl (C=O) groups is 1. The summed E-state index contributed by atoms with van der Waals surface area (Å²) in [6.07, 6.45) is 4.42. The average Bonchev–Trinajstić information content (AvgIpc) is 3.04. The van der Waals surface area contributed by atoms with Crippen LogP contribution in [-0.4, -0.2) is 32.4 Å². The topological polar surface area (TPSA) is 99.0 Å². The fourth-order valence-electron chi connectivity index (χ4n) is 2.87. The summed E-state index contributed by atoms with van der Waals surface area (Å²) in [6, 6.07) is 12.1. The lowest BCUT2D eigenvalue weighted by Gasteiger charge is -2.10. The highest BCUT2D eigenvalue weighted by atomic mass is 16.5. The zero-order valence-corrected chi connectivity index (χ0v) is 14.2. The molecule has 0 unspecified atom stereocenters. The highest BCUT2D eigenvalue weighted by Crippen LogP contribution is 2.24. The van der Waals surface area contributed by atoms with E-state index in [-0.39, 0.29) is 28.1 Å². The number of methoxy groups -OCH3 is 1. The van der Waals surface area contributed by atoms with E-state index < -0.39 is 11.5 Å². The van der Waals surface area contributed by atoms with Crippen molar-refractivity contribution in [1.82, 2.24) is 19.3 Å². The molecule has 134 valence electrons. The van der Waals surface area contributed by atoms with Gasteiger partial charge in [-0.25, -0.2) is 4.79 Å². The molecule has 2 aliphatic heterocycles. The number of hydrogen-bond acceptors (Lipinski definition) is 5. The molecular weight excluding hydrogens is 348 g/mol. The van der Waals surface area contributed by atoms with Crippen LogP contribution in [0.5, 0.6) is 0 Å². The van der Waals surface area contributed by atoms with E-state index in [9.17, 15) is 14.4 Å². The van der Waals surface area contributed by atoms with Gasteiger partial charge in [0.15, 0.2) is 0 Å². The maximum atomic E-state index is 12.9. The van der Waals surface area contributed by atoms with Gasteiger partial charge < -0.3 is 14.3 Å². The van der Waals surface area contributed by atoms with Crippen LogP contribution < -0.4 is 11.1 Å². The van der Waals surface area contributed by atoms with Gasteiger partial charge in [0.25, 0.3) is 11.1 Å². The quantitative estimate of drug-likeness (QED) is 0.558. The van der Waals surface area contributed by atoms with Crippen molar-refractivity contribution in [2.45, 2.75) is 0 Å². The average molecular weight is 362 g/mol. The van der Waals surface area contributed by atoms with E-state index in [1.807, 2.05) is 6.07 Å². The second kappa shape index (κ2) is 6.41. The predicted octanol–water partition coefficient (Wildman–Crippen LogP) is 1.60. The first-order valence-electron chi connectivity index (χ1n) is 8.07. The van der Waals surface area contributed by atoms with Crippen LogP contribution in [0.15, 0.2) is 70.6 Å². The summed E-state index contributed by atoms with van der Waals surface area (Å²) in [5.74, 6) is -0.653. The Morgan fingerprint density at radius 2 is 1.85 bits per heavy atom. The number of nitrogens with one attached hydrogen (secondary N) is 1. The first kappa shape index (κ1) is 16.5.